The van der Waals surface area contributed by atoms with Crippen LogP contribution in [0.2, 0.25) is 0 Å². The molecule has 6 nitrogen and oxygen atoms in total. The molecule has 0 saturated carbocycles. The number of nitrogens with zero attached hydrogens (tertiary/aromatic N) is 1. The molecule has 13 heavy (non-hydrogen) atoms. The number of hydrogen-bond donors (Lipinski definition) is 3. The van der Waals surface area contributed by atoms with E-state index >= 15 is 0 Å². The van der Waals surface area contributed by atoms with Crippen LogP contribution >= 0.6 is 0 Å². The van der Waals surface area contributed by atoms with Gasteiger partial charge >= 0.3 is 11.9 Å². The Bertz CT molecular complexity index is 373. The third-order valence-corrected chi connectivity index (χ3v) is 1.31. The average molecular weight is 183 g/mol. The highest BCUT2D eigenvalue weighted by molar-refractivity contribution is 6.00. The van der Waals surface area contributed by atoms with Crippen molar-refractivity contribution >= 4 is 11.9 Å². The quantitative estimate of drug-likeness (QED) is 0.603. The molecule has 0 bridgehead atoms. The normalized spacial score (nSPS) is 9.54. The highest BCUT2D eigenvalue weighted by atomic mass is 16.4. The van der Waals surface area contributed by atoms with E-state index in [1.54, 1.807) is 0 Å². The highest BCUT2D eigenvalue weighted by Gasteiger charge is 2.17. The lowest BCUT2D eigenvalue weighted by Crippen LogP contribution is -2.09. The molecule has 3 N–H and O–H groups in total. The van der Waals surface area contributed by atoms with Gasteiger partial charge in [-0.15, -0.1) is 0 Å². The van der Waals surface area contributed by atoms with Gasteiger partial charge in [-0.2, -0.15) is 0 Å². The van der Waals surface area contributed by atoms with Gasteiger partial charge in [0.15, 0.2) is 5.69 Å². The van der Waals surface area contributed by atoms with E-state index in [1.165, 1.54) is 0 Å². The van der Waals surface area contributed by atoms with Crippen LogP contribution < -0.4 is 0 Å². The number of rotatable bonds is 2. The molecule has 6 heteroatoms. The number of carbonyl (C=O) groups is 2. The van der Waals surface area contributed by atoms with Crippen molar-refractivity contribution in [2.75, 3.05) is 0 Å². The highest BCUT2D eigenvalue weighted by Crippen LogP contribution is 2.11. The Morgan fingerprint density at radius 1 is 1.15 bits per heavy atom. The fourth-order valence-corrected chi connectivity index (χ4v) is 0.784. The molecule has 0 aromatic carbocycles. The summed E-state index contributed by atoms with van der Waals surface area (Å²) in [4.78, 5) is 24.1. The summed E-state index contributed by atoms with van der Waals surface area (Å²) in [5, 5.41) is 25.8. The Balaban J connectivity index is 3.35. The van der Waals surface area contributed by atoms with Crippen molar-refractivity contribution in [3.63, 3.8) is 0 Å². The average Bonchev–Trinajstić information content (AvgIpc) is 2.03. The zero-order valence-corrected chi connectivity index (χ0v) is 6.26. The molecule has 1 aromatic rings. The van der Waals surface area contributed by atoms with Crippen LogP contribution in [0.4, 0.5) is 0 Å². The molecular weight excluding hydrogens is 178 g/mol. The molecule has 0 radical (unpaired) electrons. The minimum Gasteiger partial charge on any atom is -0.493 e. The van der Waals surface area contributed by atoms with Gasteiger partial charge in [0, 0.05) is 6.07 Å². The summed E-state index contributed by atoms with van der Waals surface area (Å²) in [7, 11) is 0. The van der Waals surface area contributed by atoms with Gasteiger partial charge in [0.1, 0.15) is 0 Å². The lowest BCUT2D eigenvalue weighted by Gasteiger charge is -1.99. The molecule has 1 heterocycles. The number of pyridine rings is 1. The lowest BCUT2D eigenvalue weighted by molar-refractivity contribution is 0.0645. The van der Waals surface area contributed by atoms with Crippen molar-refractivity contribution in [2.45, 2.75) is 0 Å². The van der Waals surface area contributed by atoms with E-state index in [9.17, 15) is 9.59 Å². The number of hydrogen-bond acceptors (Lipinski definition) is 4. The summed E-state index contributed by atoms with van der Waals surface area (Å²) in [6.45, 7) is 0. The van der Waals surface area contributed by atoms with Crippen molar-refractivity contribution in [1.82, 2.24) is 4.98 Å². The Labute approximate surface area is 72.1 Å². The van der Waals surface area contributed by atoms with Gasteiger partial charge in [-0.3, -0.25) is 0 Å². The molecular formula is C7H5NO5. The third-order valence-electron chi connectivity index (χ3n) is 1.31. The molecule has 0 aliphatic rings. The minimum absolute atomic E-state index is 0.453. The van der Waals surface area contributed by atoms with Crippen LogP contribution in [0.15, 0.2) is 12.1 Å². The Morgan fingerprint density at radius 2 is 1.77 bits per heavy atom. The van der Waals surface area contributed by atoms with Gasteiger partial charge in [-0.05, 0) is 6.07 Å². The number of carboxylic acid groups (broad SMARTS) is 2. The molecule has 68 valence electrons. The number of aromatic nitrogens is 1. The SMILES string of the molecule is O=C(O)c1ccc(O)nc1C(=O)O. The van der Waals surface area contributed by atoms with Crippen LogP contribution in [0.3, 0.4) is 0 Å². The van der Waals surface area contributed by atoms with Crippen molar-refractivity contribution in [2.24, 2.45) is 0 Å². The van der Waals surface area contributed by atoms with E-state index in [0.717, 1.165) is 12.1 Å². The maximum absolute atomic E-state index is 10.5. The van der Waals surface area contributed by atoms with Crippen LogP contribution in [0.25, 0.3) is 0 Å². The Morgan fingerprint density at radius 3 is 2.23 bits per heavy atom. The molecule has 1 rings (SSSR count). The molecule has 0 fully saturated rings. The standard InChI is InChI=1S/C7H5NO5/c9-4-2-1-3(6(10)11)5(8-4)7(12)13/h1-2H,(H,8,9)(H,10,11)(H,12,13). The first kappa shape index (κ1) is 8.98. The first-order chi connectivity index (χ1) is 6.02. The minimum atomic E-state index is -1.49. The Kier molecular flexibility index (Phi) is 2.14. The second-order valence-electron chi connectivity index (χ2n) is 2.18. The van der Waals surface area contributed by atoms with E-state index in [0.29, 0.717) is 0 Å². The lowest BCUT2D eigenvalue weighted by atomic mass is 10.2. The molecule has 1 aromatic heterocycles. The molecule has 0 unspecified atom stereocenters. The van der Waals surface area contributed by atoms with Crippen molar-refractivity contribution in [3.8, 4) is 5.88 Å². The molecule has 0 aliphatic heterocycles. The summed E-state index contributed by atoms with van der Waals surface area (Å²) in [5.41, 5.74) is -1.13. The van der Waals surface area contributed by atoms with Crippen LogP contribution in [0.1, 0.15) is 20.8 Å². The van der Waals surface area contributed by atoms with Crippen molar-refractivity contribution < 1.29 is 24.9 Å². The van der Waals surface area contributed by atoms with E-state index in [4.69, 9.17) is 15.3 Å². The van der Waals surface area contributed by atoms with Crippen LogP contribution in [-0.2, 0) is 0 Å². The van der Waals surface area contributed by atoms with E-state index in [-0.39, 0.29) is 0 Å². The maximum Gasteiger partial charge on any atom is 0.355 e. The van der Waals surface area contributed by atoms with Crippen LogP contribution in [-0.4, -0.2) is 32.2 Å². The summed E-state index contributed by atoms with van der Waals surface area (Å²) >= 11 is 0. The maximum atomic E-state index is 10.5. The van der Waals surface area contributed by atoms with E-state index in [1.807, 2.05) is 0 Å². The van der Waals surface area contributed by atoms with Crippen LogP contribution in [0.5, 0.6) is 5.88 Å². The zero-order valence-electron chi connectivity index (χ0n) is 6.26. The topological polar surface area (TPSA) is 108 Å². The van der Waals surface area contributed by atoms with Gasteiger partial charge in [-0.25, -0.2) is 14.6 Å². The summed E-state index contributed by atoms with van der Waals surface area (Å²) in [6, 6.07) is 1.99. The largest absolute Gasteiger partial charge is 0.493 e. The van der Waals surface area contributed by atoms with Gasteiger partial charge < -0.3 is 15.3 Å². The van der Waals surface area contributed by atoms with Crippen LogP contribution in [0, 0.1) is 0 Å². The zero-order chi connectivity index (χ0) is 10.0. The number of aromatic carboxylic acids is 2. The number of carboxylic acids is 2. The molecule has 0 spiro atoms. The second kappa shape index (κ2) is 3.10. The predicted molar refractivity (Wildman–Crippen MR) is 39.8 cm³/mol. The Hall–Kier alpha value is -2.11. The summed E-state index contributed by atoms with van der Waals surface area (Å²) < 4.78 is 0. The van der Waals surface area contributed by atoms with Gasteiger partial charge in [0.05, 0.1) is 5.56 Å². The summed E-state index contributed by atoms with van der Waals surface area (Å²) in [5.74, 6) is -3.42. The van der Waals surface area contributed by atoms with Gasteiger partial charge in [-0.1, -0.05) is 0 Å². The first-order valence-electron chi connectivity index (χ1n) is 3.19. The van der Waals surface area contributed by atoms with E-state index in [2.05, 4.69) is 4.98 Å². The monoisotopic (exact) mass is 183 g/mol. The van der Waals surface area contributed by atoms with Gasteiger partial charge in [0.2, 0.25) is 5.88 Å². The first-order valence-corrected chi connectivity index (χ1v) is 3.19. The second-order valence-corrected chi connectivity index (χ2v) is 2.18. The predicted octanol–water partition coefficient (Wildman–Crippen LogP) is 0.184. The number of aromatic hydroxyl groups is 1. The molecule has 0 aliphatic carbocycles. The molecule has 0 amide bonds. The molecule has 0 saturated heterocycles. The fraction of sp³-hybridized carbons (Fsp3) is 0. The molecule has 0 atom stereocenters. The fourth-order valence-electron chi connectivity index (χ4n) is 0.784. The van der Waals surface area contributed by atoms with Gasteiger partial charge in [0.25, 0.3) is 0 Å². The van der Waals surface area contributed by atoms with Crippen molar-refractivity contribution in [1.29, 1.82) is 0 Å². The third kappa shape index (κ3) is 1.73. The summed E-state index contributed by atoms with van der Waals surface area (Å²) in [6.07, 6.45) is 0. The smallest absolute Gasteiger partial charge is 0.355 e. The van der Waals surface area contributed by atoms with Crippen molar-refractivity contribution in [3.05, 3.63) is 23.4 Å². The van der Waals surface area contributed by atoms with E-state index < -0.39 is 29.1 Å².